The summed E-state index contributed by atoms with van der Waals surface area (Å²) in [6, 6.07) is 2.14. The summed E-state index contributed by atoms with van der Waals surface area (Å²) in [5.74, 6) is 0.186. The summed E-state index contributed by atoms with van der Waals surface area (Å²) in [5, 5.41) is 2.02. The molecule has 1 amide bonds. The molecule has 3 nitrogen and oxygen atoms in total. The van der Waals surface area contributed by atoms with Crippen LogP contribution in [0.2, 0.25) is 0 Å². The van der Waals surface area contributed by atoms with Gasteiger partial charge in [0.05, 0.1) is 6.04 Å². The van der Waals surface area contributed by atoms with E-state index in [1.165, 1.54) is 0 Å². The number of nitrogens with zero attached hydrogens (tertiary/aromatic N) is 1. The summed E-state index contributed by atoms with van der Waals surface area (Å²) in [6.07, 6.45) is 1.35. The third kappa shape index (κ3) is 2.09. The van der Waals surface area contributed by atoms with Gasteiger partial charge in [0.2, 0.25) is 5.91 Å². The predicted molar refractivity (Wildman–Crippen MR) is 64.7 cm³/mol. The second-order valence-corrected chi connectivity index (χ2v) is 5.68. The molecule has 1 fully saturated rings. The molecule has 1 aromatic heterocycles. The van der Waals surface area contributed by atoms with Gasteiger partial charge in [-0.2, -0.15) is 0 Å². The molecule has 0 bridgehead atoms. The lowest BCUT2D eigenvalue weighted by molar-refractivity contribution is -0.135. The number of halogens is 1. The van der Waals surface area contributed by atoms with Gasteiger partial charge in [-0.3, -0.25) is 4.79 Å². The highest BCUT2D eigenvalue weighted by molar-refractivity contribution is 9.10. The van der Waals surface area contributed by atoms with Gasteiger partial charge in [0.25, 0.3) is 0 Å². The second kappa shape index (κ2) is 4.23. The van der Waals surface area contributed by atoms with Crippen LogP contribution in [0.4, 0.5) is 0 Å². The van der Waals surface area contributed by atoms with Crippen LogP contribution in [0.3, 0.4) is 0 Å². The van der Waals surface area contributed by atoms with Crippen LogP contribution in [0.15, 0.2) is 15.9 Å². The van der Waals surface area contributed by atoms with E-state index in [-0.39, 0.29) is 18.0 Å². The number of piperidine rings is 1. The third-order valence-corrected chi connectivity index (χ3v) is 4.55. The number of likely N-dealkylation sites (N-methyl/N-ethyl adjacent to an activating group) is 1. The van der Waals surface area contributed by atoms with Crippen LogP contribution >= 0.6 is 27.3 Å². The number of hydrogen-bond acceptors (Lipinski definition) is 3. The Labute approximate surface area is 101 Å². The Hall–Kier alpha value is -0.390. The number of carbonyl (C=O) groups is 1. The number of rotatable bonds is 1. The minimum Gasteiger partial charge on any atom is -0.336 e. The van der Waals surface area contributed by atoms with E-state index in [9.17, 15) is 4.79 Å². The first kappa shape index (κ1) is 11.1. The zero-order valence-electron chi connectivity index (χ0n) is 8.44. The molecule has 1 aromatic rings. The van der Waals surface area contributed by atoms with Crippen molar-refractivity contribution in [1.82, 2.24) is 4.90 Å². The molecular weight excluding hydrogens is 276 g/mol. The van der Waals surface area contributed by atoms with E-state index in [0.29, 0.717) is 6.42 Å². The molecule has 2 rings (SSSR count). The average Bonchev–Trinajstić information content (AvgIpc) is 2.59. The number of carbonyl (C=O) groups excluding carboxylic acids is 1. The number of nitrogens with two attached hydrogens (primary N) is 1. The van der Waals surface area contributed by atoms with Crippen molar-refractivity contribution in [2.75, 3.05) is 7.05 Å². The molecule has 0 radical (unpaired) electrons. The maximum atomic E-state index is 11.6. The van der Waals surface area contributed by atoms with E-state index in [1.54, 1.807) is 16.2 Å². The zero-order valence-corrected chi connectivity index (χ0v) is 10.8. The molecule has 0 aliphatic carbocycles. The van der Waals surface area contributed by atoms with Gasteiger partial charge in [0.1, 0.15) is 0 Å². The molecule has 0 spiro atoms. The van der Waals surface area contributed by atoms with Crippen molar-refractivity contribution >= 4 is 33.2 Å². The highest BCUT2D eigenvalue weighted by Gasteiger charge is 2.33. The van der Waals surface area contributed by atoms with E-state index >= 15 is 0 Å². The van der Waals surface area contributed by atoms with E-state index < -0.39 is 0 Å². The van der Waals surface area contributed by atoms with E-state index in [2.05, 4.69) is 15.9 Å². The first-order valence-corrected chi connectivity index (χ1v) is 6.52. The van der Waals surface area contributed by atoms with E-state index in [0.717, 1.165) is 15.8 Å². The Morgan fingerprint density at radius 1 is 1.67 bits per heavy atom. The Bertz CT molecular complexity index is 379. The SMILES string of the molecule is CN1C(=O)CCC(N)C1c1cc(Br)cs1. The Balaban J connectivity index is 2.28. The molecule has 2 N–H and O–H groups in total. The van der Waals surface area contributed by atoms with Crippen LogP contribution in [0.1, 0.15) is 23.8 Å². The van der Waals surface area contributed by atoms with Crippen LogP contribution in [0.5, 0.6) is 0 Å². The lowest BCUT2D eigenvalue weighted by atomic mass is 9.96. The topological polar surface area (TPSA) is 46.3 Å². The molecule has 1 saturated heterocycles. The van der Waals surface area contributed by atoms with E-state index in [1.807, 2.05) is 18.5 Å². The van der Waals surface area contributed by atoms with Crippen LogP contribution in [0.25, 0.3) is 0 Å². The van der Waals surface area contributed by atoms with Crippen molar-refractivity contribution in [2.24, 2.45) is 5.73 Å². The third-order valence-electron chi connectivity index (χ3n) is 2.79. The number of thiophene rings is 1. The summed E-state index contributed by atoms with van der Waals surface area (Å²) in [5.41, 5.74) is 6.07. The fourth-order valence-electron chi connectivity index (χ4n) is 1.95. The smallest absolute Gasteiger partial charge is 0.222 e. The Morgan fingerprint density at radius 2 is 2.40 bits per heavy atom. The fraction of sp³-hybridized carbons (Fsp3) is 0.500. The van der Waals surface area contributed by atoms with Crippen LogP contribution in [-0.2, 0) is 4.79 Å². The number of likely N-dealkylation sites (tertiary alicyclic amines) is 1. The first-order valence-electron chi connectivity index (χ1n) is 4.85. The van der Waals surface area contributed by atoms with Gasteiger partial charge in [-0.1, -0.05) is 0 Å². The highest BCUT2D eigenvalue weighted by atomic mass is 79.9. The van der Waals surface area contributed by atoms with Crippen molar-refractivity contribution in [3.05, 3.63) is 20.8 Å². The van der Waals surface area contributed by atoms with Crippen molar-refractivity contribution < 1.29 is 4.79 Å². The summed E-state index contributed by atoms with van der Waals surface area (Å²) in [6.45, 7) is 0. The van der Waals surface area contributed by atoms with Gasteiger partial charge in [-0.15, -0.1) is 11.3 Å². The molecule has 1 aliphatic heterocycles. The van der Waals surface area contributed by atoms with E-state index in [4.69, 9.17) is 5.73 Å². The van der Waals surface area contributed by atoms with Crippen molar-refractivity contribution in [3.63, 3.8) is 0 Å². The highest BCUT2D eigenvalue weighted by Crippen LogP contribution is 2.34. The molecule has 82 valence electrons. The minimum atomic E-state index is 0.0440. The van der Waals surface area contributed by atoms with Crippen molar-refractivity contribution in [2.45, 2.75) is 24.9 Å². The molecule has 2 atom stereocenters. The quantitative estimate of drug-likeness (QED) is 0.861. The average molecular weight is 289 g/mol. The summed E-state index contributed by atoms with van der Waals surface area (Å²) >= 11 is 5.06. The Morgan fingerprint density at radius 3 is 3.00 bits per heavy atom. The maximum absolute atomic E-state index is 11.6. The number of amides is 1. The molecule has 0 saturated carbocycles. The molecule has 2 heterocycles. The normalized spacial score (nSPS) is 27.1. The molecule has 0 aromatic carbocycles. The van der Waals surface area contributed by atoms with Gasteiger partial charge in [-0.05, 0) is 28.4 Å². The van der Waals surface area contributed by atoms with Crippen molar-refractivity contribution in [1.29, 1.82) is 0 Å². The molecular formula is C10H13BrN2OS. The number of hydrogen-bond donors (Lipinski definition) is 1. The second-order valence-electron chi connectivity index (χ2n) is 3.82. The first-order chi connectivity index (χ1) is 7.09. The van der Waals surface area contributed by atoms with Gasteiger partial charge >= 0.3 is 0 Å². The van der Waals surface area contributed by atoms with Crippen LogP contribution < -0.4 is 5.73 Å². The minimum absolute atomic E-state index is 0.0440. The summed E-state index contributed by atoms with van der Waals surface area (Å²) in [7, 11) is 1.83. The Kier molecular flexibility index (Phi) is 3.13. The summed E-state index contributed by atoms with van der Waals surface area (Å²) < 4.78 is 1.06. The van der Waals surface area contributed by atoms with Gasteiger partial charge in [0, 0.05) is 34.2 Å². The standard InChI is InChI=1S/C10H13BrN2OS/c1-13-9(14)3-2-7(12)10(13)8-4-6(11)5-15-8/h4-5,7,10H,2-3,12H2,1H3. The monoisotopic (exact) mass is 288 g/mol. The largest absolute Gasteiger partial charge is 0.336 e. The van der Waals surface area contributed by atoms with Crippen LogP contribution in [-0.4, -0.2) is 23.9 Å². The lowest BCUT2D eigenvalue weighted by Crippen LogP contribution is -2.46. The molecule has 5 heteroatoms. The maximum Gasteiger partial charge on any atom is 0.222 e. The lowest BCUT2D eigenvalue weighted by Gasteiger charge is -2.36. The molecule has 2 unspecified atom stereocenters. The zero-order chi connectivity index (χ0) is 11.0. The summed E-state index contributed by atoms with van der Waals surface area (Å²) in [4.78, 5) is 14.5. The van der Waals surface area contributed by atoms with Gasteiger partial charge in [-0.25, -0.2) is 0 Å². The molecule has 1 aliphatic rings. The van der Waals surface area contributed by atoms with Crippen molar-refractivity contribution in [3.8, 4) is 0 Å². The van der Waals surface area contributed by atoms with Gasteiger partial charge in [0.15, 0.2) is 0 Å². The fourth-order valence-corrected chi connectivity index (χ4v) is 3.61. The predicted octanol–water partition coefficient (Wildman–Crippen LogP) is 2.13. The van der Waals surface area contributed by atoms with Gasteiger partial charge < -0.3 is 10.6 Å². The molecule has 15 heavy (non-hydrogen) atoms. The van der Waals surface area contributed by atoms with Crippen LogP contribution in [0, 0.1) is 0 Å².